The van der Waals surface area contributed by atoms with E-state index >= 15 is 0 Å². The van der Waals surface area contributed by atoms with Crippen LogP contribution in [0, 0.1) is 10.1 Å². The number of hydrogen-bond acceptors (Lipinski definition) is 5. The highest BCUT2D eigenvalue weighted by molar-refractivity contribution is 8.03. The number of nitrogens with zero attached hydrogens (tertiary/aromatic N) is 1. The molecular weight excluding hydrogens is 144 g/mol. The smallest absolute Gasteiger partial charge is 0.342 e. The fraction of sp³-hybridized carbons (Fsp3) is 0.333. The van der Waals surface area contributed by atoms with E-state index in [1.807, 2.05) is 0 Å². The molecule has 9 heavy (non-hydrogen) atoms. The average molecular weight is 148 g/mol. The van der Waals surface area contributed by atoms with Gasteiger partial charge in [-0.15, -0.1) is 0 Å². The van der Waals surface area contributed by atoms with Crippen molar-refractivity contribution >= 4 is 11.8 Å². The van der Waals surface area contributed by atoms with Crippen molar-refractivity contribution in [2.24, 2.45) is 5.73 Å². The van der Waals surface area contributed by atoms with Gasteiger partial charge in [0.1, 0.15) is 0 Å². The molecule has 0 aromatic heterocycles. The van der Waals surface area contributed by atoms with Gasteiger partial charge in [-0.3, -0.25) is 15.8 Å². The van der Waals surface area contributed by atoms with Crippen LogP contribution < -0.4 is 5.73 Å². The third-order valence-electron chi connectivity index (χ3n) is 0.720. The molecule has 1 atom stereocenters. The summed E-state index contributed by atoms with van der Waals surface area (Å²) in [5.74, 6) is 0. The highest BCUT2D eigenvalue weighted by Crippen LogP contribution is 2.26. The van der Waals surface area contributed by atoms with Crippen molar-refractivity contribution in [2.45, 2.75) is 5.56 Å². The largest absolute Gasteiger partial charge is 0.466 e. The predicted octanol–water partition coefficient (Wildman–Crippen LogP) is 0.0677. The quantitative estimate of drug-likeness (QED) is 0.420. The van der Waals surface area contributed by atoms with Crippen molar-refractivity contribution in [3.05, 3.63) is 21.4 Å². The number of ether oxygens (including phenoxy) is 1. The number of rotatable bonds is 1. The molecule has 1 aliphatic heterocycles. The van der Waals surface area contributed by atoms with Crippen LogP contribution in [0.4, 0.5) is 0 Å². The maximum absolute atomic E-state index is 9.93. The molecule has 0 aliphatic carbocycles. The molecule has 6 heteroatoms. The number of nitrogens with two attached hydrogens (primary N) is 1. The van der Waals surface area contributed by atoms with Crippen LogP contribution in [0.25, 0.3) is 0 Å². The Morgan fingerprint density at radius 1 is 2.00 bits per heavy atom. The van der Waals surface area contributed by atoms with Gasteiger partial charge in [-0.25, -0.2) is 0 Å². The van der Waals surface area contributed by atoms with Crippen LogP contribution >= 0.6 is 11.8 Å². The van der Waals surface area contributed by atoms with E-state index in [2.05, 4.69) is 4.74 Å². The van der Waals surface area contributed by atoms with Crippen molar-refractivity contribution in [1.82, 2.24) is 0 Å². The summed E-state index contributed by atoms with van der Waals surface area (Å²) in [6.45, 7) is 0. The molecule has 0 spiro atoms. The lowest BCUT2D eigenvalue weighted by Crippen LogP contribution is -2.13. The molecule has 0 fully saturated rings. The first-order valence-corrected chi connectivity index (χ1v) is 3.00. The summed E-state index contributed by atoms with van der Waals surface area (Å²) >= 11 is 0.891. The van der Waals surface area contributed by atoms with Crippen LogP contribution in [0.5, 0.6) is 0 Å². The molecular formula is C3H4N2O3S. The first-order chi connectivity index (χ1) is 4.20. The lowest BCUT2D eigenvalue weighted by atomic mass is 11.0. The zero-order valence-corrected chi connectivity index (χ0v) is 5.13. The summed E-state index contributed by atoms with van der Waals surface area (Å²) in [4.78, 5) is 9.40. The van der Waals surface area contributed by atoms with Gasteiger partial charge in [0.05, 0.1) is 4.92 Å². The SMILES string of the molecule is N[C@@H]1OC=C([N+](=O)[O-])S1. The lowest BCUT2D eigenvalue weighted by molar-refractivity contribution is -0.411. The van der Waals surface area contributed by atoms with Gasteiger partial charge < -0.3 is 4.74 Å². The molecule has 1 rings (SSSR count). The minimum Gasteiger partial charge on any atom is -0.466 e. The maximum Gasteiger partial charge on any atom is 0.342 e. The van der Waals surface area contributed by atoms with Crippen molar-refractivity contribution < 1.29 is 9.66 Å². The van der Waals surface area contributed by atoms with Gasteiger partial charge in [0.15, 0.2) is 6.26 Å². The first-order valence-electron chi connectivity index (χ1n) is 2.12. The molecule has 0 amide bonds. The molecule has 1 aliphatic rings. The highest BCUT2D eigenvalue weighted by Gasteiger charge is 2.24. The zero-order valence-electron chi connectivity index (χ0n) is 4.31. The number of thioether (sulfide) groups is 1. The standard InChI is InChI=1S/C3H4N2O3S/c4-3-8-1-2(9-3)5(6)7/h1,3H,4H2/t3-/m1/s1. The van der Waals surface area contributed by atoms with Crippen molar-refractivity contribution in [3.63, 3.8) is 0 Å². The predicted molar refractivity (Wildman–Crippen MR) is 31.7 cm³/mol. The Morgan fingerprint density at radius 2 is 2.67 bits per heavy atom. The Bertz CT molecular complexity index is 168. The van der Waals surface area contributed by atoms with Gasteiger partial charge in [-0.1, -0.05) is 0 Å². The number of hydrogen-bond donors (Lipinski definition) is 1. The summed E-state index contributed by atoms with van der Waals surface area (Å²) in [5, 5.41) is 9.89. The first kappa shape index (κ1) is 6.37. The summed E-state index contributed by atoms with van der Waals surface area (Å²) in [6, 6.07) is 0. The normalized spacial score (nSPS) is 25.0. The van der Waals surface area contributed by atoms with Crippen molar-refractivity contribution in [2.75, 3.05) is 0 Å². The van der Waals surface area contributed by atoms with Gasteiger partial charge in [0, 0.05) is 11.8 Å². The zero-order chi connectivity index (χ0) is 6.85. The van der Waals surface area contributed by atoms with Gasteiger partial charge in [-0.05, 0) is 0 Å². The molecule has 2 N–H and O–H groups in total. The summed E-state index contributed by atoms with van der Waals surface area (Å²) < 4.78 is 4.56. The van der Waals surface area contributed by atoms with E-state index in [1.54, 1.807) is 0 Å². The van der Waals surface area contributed by atoms with Gasteiger partial charge in [-0.2, -0.15) is 0 Å². The van der Waals surface area contributed by atoms with E-state index in [0.29, 0.717) is 0 Å². The van der Waals surface area contributed by atoms with E-state index in [-0.39, 0.29) is 5.03 Å². The van der Waals surface area contributed by atoms with E-state index < -0.39 is 10.5 Å². The molecule has 0 unspecified atom stereocenters. The van der Waals surface area contributed by atoms with Crippen LogP contribution in [0.3, 0.4) is 0 Å². The lowest BCUT2D eigenvalue weighted by Gasteiger charge is -1.95. The summed E-state index contributed by atoms with van der Waals surface area (Å²) in [6.07, 6.45) is 1.05. The fourth-order valence-corrected chi connectivity index (χ4v) is 0.932. The number of nitro groups is 1. The van der Waals surface area contributed by atoms with Crippen molar-refractivity contribution in [3.8, 4) is 0 Å². The maximum atomic E-state index is 9.93. The Hall–Kier alpha value is -0.750. The molecule has 0 bridgehead atoms. The molecule has 0 aromatic carbocycles. The minimum atomic E-state index is -0.606. The molecule has 50 valence electrons. The minimum absolute atomic E-state index is 0.0394. The average Bonchev–Trinajstić information content (AvgIpc) is 2.14. The Kier molecular flexibility index (Phi) is 1.58. The van der Waals surface area contributed by atoms with E-state index in [1.165, 1.54) is 0 Å². The monoisotopic (exact) mass is 148 g/mol. The topological polar surface area (TPSA) is 78.4 Å². The molecule has 5 nitrogen and oxygen atoms in total. The van der Waals surface area contributed by atoms with Crippen LogP contribution in [0.2, 0.25) is 0 Å². The fourth-order valence-electron chi connectivity index (χ4n) is 0.386. The van der Waals surface area contributed by atoms with E-state index in [4.69, 9.17) is 5.73 Å². The molecule has 0 aromatic rings. The van der Waals surface area contributed by atoms with Gasteiger partial charge in [0.25, 0.3) is 0 Å². The van der Waals surface area contributed by atoms with Gasteiger partial charge in [0.2, 0.25) is 5.56 Å². The summed E-state index contributed by atoms with van der Waals surface area (Å²) in [5.41, 5.74) is 4.54. The molecule has 0 saturated heterocycles. The van der Waals surface area contributed by atoms with Crippen LogP contribution in [-0.2, 0) is 4.74 Å². The molecule has 1 heterocycles. The Labute approximate surface area is 55.0 Å². The molecule has 0 radical (unpaired) electrons. The second kappa shape index (κ2) is 2.24. The van der Waals surface area contributed by atoms with Crippen LogP contribution in [0.1, 0.15) is 0 Å². The second-order valence-corrected chi connectivity index (χ2v) is 2.45. The highest BCUT2D eigenvalue weighted by atomic mass is 32.2. The van der Waals surface area contributed by atoms with Crippen molar-refractivity contribution in [1.29, 1.82) is 0 Å². The Balaban J connectivity index is 2.55. The van der Waals surface area contributed by atoms with Crippen LogP contribution in [0.15, 0.2) is 11.3 Å². The Morgan fingerprint density at radius 3 is 2.89 bits per heavy atom. The second-order valence-electron chi connectivity index (χ2n) is 1.34. The summed E-state index contributed by atoms with van der Waals surface area (Å²) in [7, 11) is 0. The third kappa shape index (κ3) is 1.33. The van der Waals surface area contributed by atoms with E-state index in [0.717, 1.165) is 18.0 Å². The third-order valence-corrected chi connectivity index (χ3v) is 1.55. The van der Waals surface area contributed by atoms with E-state index in [9.17, 15) is 10.1 Å². The molecule has 0 saturated carbocycles. The van der Waals surface area contributed by atoms with Crippen LogP contribution in [-0.4, -0.2) is 10.5 Å². The van der Waals surface area contributed by atoms with Gasteiger partial charge >= 0.3 is 5.03 Å².